The fourth-order valence-electron chi connectivity index (χ4n) is 1.31. The number of aromatic hydroxyl groups is 1. The Bertz CT molecular complexity index is 357. The predicted octanol–water partition coefficient (Wildman–Crippen LogP) is 1.44. The maximum atomic E-state index is 11.4. The van der Waals surface area contributed by atoms with Gasteiger partial charge in [0.25, 0.3) is 0 Å². The molecule has 0 aliphatic heterocycles. The Morgan fingerprint density at radius 3 is 2.71 bits per heavy atom. The van der Waals surface area contributed by atoms with E-state index in [-0.39, 0.29) is 11.2 Å². The Labute approximate surface area is 82.8 Å². The Balaban J connectivity index is 2.96. The summed E-state index contributed by atoms with van der Waals surface area (Å²) in [5.41, 5.74) is -0.00176. The van der Waals surface area contributed by atoms with Gasteiger partial charge in [0.2, 0.25) is 11.2 Å². The number of hydrogen-bond donors (Lipinski definition) is 1. The molecule has 0 fully saturated rings. The monoisotopic (exact) mass is 197 g/mol. The minimum atomic E-state index is -0.389. The molecule has 78 valence electrons. The molecule has 0 aliphatic rings. The summed E-state index contributed by atoms with van der Waals surface area (Å²) in [6.07, 6.45) is 2.39. The quantitative estimate of drug-likeness (QED) is 0.796. The van der Waals surface area contributed by atoms with E-state index in [4.69, 9.17) is 9.52 Å². The summed E-state index contributed by atoms with van der Waals surface area (Å²) in [7, 11) is 1.80. The van der Waals surface area contributed by atoms with Crippen molar-refractivity contribution < 1.29 is 9.52 Å². The maximum absolute atomic E-state index is 11.4. The van der Waals surface area contributed by atoms with Crippen LogP contribution in [-0.2, 0) is 0 Å². The molecule has 0 bridgehead atoms. The van der Waals surface area contributed by atoms with Crippen LogP contribution in [0.15, 0.2) is 21.7 Å². The molecular formula is C10H15NO3. The molecule has 4 heteroatoms. The van der Waals surface area contributed by atoms with Gasteiger partial charge in [-0.3, -0.25) is 4.79 Å². The first kappa shape index (κ1) is 10.6. The standard InChI is InChI=1S/C10H15NO3/c1-7(2)4-11(3)8-5-14-6-9(12)10(8)13/h5-7,12H,4H2,1-3H3. The van der Waals surface area contributed by atoms with Crippen LogP contribution in [0.2, 0.25) is 0 Å². The highest BCUT2D eigenvalue weighted by Gasteiger charge is 2.10. The zero-order valence-corrected chi connectivity index (χ0v) is 8.65. The van der Waals surface area contributed by atoms with E-state index in [1.54, 1.807) is 11.9 Å². The lowest BCUT2D eigenvalue weighted by Gasteiger charge is -2.19. The van der Waals surface area contributed by atoms with E-state index in [9.17, 15) is 4.79 Å². The van der Waals surface area contributed by atoms with Gasteiger partial charge in [0.1, 0.15) is 18.2 Å². The molecule has 1 N–H and O–H groups in total. The Morgan fingerprint density at radius 1 is 1.50 bits per heavy atom. The normalized spacial score (nSPS) is 10.6. The number of hydrogen-bond acceptors (Lipinski definition) is 4. The van der Waals surface area contributed by atoms with Crippen molar-refractivity contribution in [3.05, 3.63) is 22.7 Å². The Kier molecular flexibility index (Phi) is 3.17. The van der Waals surface area contributed by atoms with E-state index < -0.39 is 0 Å². The molecule has 0 unspecified atom stereocenters. The highest BCUT2D eigenvalue weighted by atomic mass is 16.3. The summed E-state index contributed by atoms with van der Waals surface area (Å²) in [6, 6.07) is 0. The third-order valence-corrected chi connectivity index (χ3v) is 1.87. The molecule has 1 heterocycles. The highest BCUT2D eigenvalue weighted by Crippen LogP contribution is 2.12. The largest absolute Gasteiger partial charge is 0.502 e. The van der Waals surface area contributed by atoms with E-state index in [1.165, 1.54) is 6.26 Å². The van der Waals surface area contributed by atoms with Crippen molar-refractivity contribution in [1.82, 2.24) is 0 Å². The molecule has 0 spiro atoms. The zero-order valence-electron chi connectivity index (χ0n) is 8.65. The van der Waals surface area contributed by atoms with Gasteiger partial charge in [0.05, 0.1) is 0 Å². The van der Waals surface area contributed by atoms with Gasteiger partial charge in [-0.25, -0.2) is 0 Å². The Morgan fingerprint density at radius 2 is 2.14 bits per heavy atom. The molecular weight excluding hydrogens is 182 g/mol. The van der Waals surface area contributed by atoms with Gasteiger partial charge in [0, 0.05) is 13.6 Å². The topological polar surface area (TPSA) is 53.7 Å². The summed E-state index contributed by atoms with van der Waals surface area (Å²) in [5.74, 6) is 0.0971. The number of anilines is 1. The van der Waals surface area contributed by atoms with E-state index in [2.05, 4.69) is 13.8 Å². The van der Waals surface area contributed by atoms with Crippen molar-refractivity contribution in [2.75, 3.05) is 18.5 Å². The van der Waals surface area contributed by atoms with Crippen LogP contribution < -0.4 is 10.3 Å². The summed E-state index contributed by atoms with van der Waals surface area (Å²) in [6.45, 7) is 4.86. The Hall–Kier alpha value is -1.45. The molecule has 1 rings (SSSR count). The highest BCUT2D eigenvalue weighted by molar-refractivity contribution is 5.45. The first-order chi connectivity index (χ1) is 6.52. The third kappa shape index (κ3) is 2.28. The molecule has 0 atom stereocenters. The van der Waals surface area contributed by atoms with E-state index >= 15 is 0 Å². The van der Waals surface area contributed by atoms with Gasteiger partial charge in [-0.2, -0.15) is 0 Å². The molecule has 4 nitrogen and oxygen atoms in total. The first-order valence-electron chi connectivity index (χ1n) is 4.53. The van der Waals surface area contributed by atoms with Crippen molar-refractivity contribution >= 4 is 5.69 Å². The van der Waals surface area contributed by atoms with Crippen molar-refractivity contribution in [1.29, 1.82) is 0 Å². The van der Waals surface area contributed by atoms with Crippen LogP contribution in [-0.4, -0.2) is 18.7 Å². The summed E-state index contributed by atoms with van der Waals surface area (Å²) < 4.78 is 4.83. The van der Waals surface area contributed by atoms with Gasteiger partial charge in [-0.15, -0.1) is 0 Å². The third-order valence-electron chi connectivity index (χ3n) is 1.87. The van der Waals surface area contributed by atoms with E-state index in [0.717, 1.165) is 12.8 Å². The van der Waals surface area contributed by atoms with Crippen molar-refractivity contribution in [3.63, 3.8) is 0 Å². The minimum absolute atomic E-state index is 0.349. The molecule has 0 saturated carbocycles. The lowest BCUT2D eigenvalue weighted by molar-refractivity contribution is 0.429. The molecule has 0 amide bonds. The van der Waals surface area contributed by atoms with Gasteiger partial charge in [-0.05, 0) is 5.92 Å². The van der Waals surface area contributed by atoms with Crippen LogP contribution in [0.3, 0.4) is 0 Å². The van der Waals surface area contributed by atoms with Crippen LogP contribution in [0.4, 0.5) is 5.69 Å². The molecule has 14 heavy (non-hydrogen) atoms. The van der Waals surface area contributed by atoms with Crippen LogP contribution in [0.25, 0.3) is 0 Å². The molecule has 1 aromatic heterocycles. The zero-order chi connectivity index (χ0) is 10.7. The average Bonchev–Trinajstić information content (AvgIpc) is 2.08. The van der Waals surface area contributed by atoms with Crippen molar-refractivity contribution in [2.24, 2.45) is 5.92 Å². The fraction of sp³-hybridized carbons (Fsp3) is 0.500. The first-order valence-corrected chi connectivity index (χ1v) is 4.53. The lowest BCUT2D eigenvalue weighted by Crippen LogP contribution is -2.27. The maximum Gasteiger partial charge on any atom is 0.249 e. The van der Waals surface area contributed by atoms with Crippen LogP contribution >= 0.6 is 0 Å². The van der Waals surface area contributed by atoms with Gasteiger partial charge >= 0.3 is 0 Å². The van der Waals surface area contributed by atoms with Crippen LogP contribution in [0.5, 0.6) is 5.75 Å². The molecule has 0 saturated heterocycles. The van der Waals surface area contributed by atoms with Crippen molar-refractivity contribution in [3.8, 4) is 5.75 Å². The fourth-order valence-corrected chi connectivity index (χ4v) is 1.31. The second-order valence-corrected chi connectivity index (χ2v) is 3.75. The lowest BCUT2D eigenvalue weighted by atomic mass is 10.2. The van der Waals surface area contributed by atoms with Crippen molar-refractivity contribution in [2.45, 2.75) is 13.8 Å². The smallest absolute Gasteiger partial charge is 0.249 e. The SMILES string of the molecule is CC(C)CN(C)c1cocc(O)c1=O. The van der Waals surface area contributed by atoms with Gasteiger partial charge < -0.3 is 14.4 Å². The minimum Gasteiger partial charge on any atom is -0.502 e. The molecule has 0 aliphatic carbocycles. The second kappa shape index (κ2) is 4.17. The summed E-state index contributed by atoms with van der Waals surface area (Å²) in [4.78, 5) is 13.2. The number of rotatable bonds is 3. The summed E-state index contributed by atoms with van der Waals surface area (Å²) in [5, 5.41) is 9.15. The molecule has 0 radical (unpaired) electrons. The van der Waals surface area contributed by atoms with E-state index in [0.29, 0.717) is 11.6 Å². The summed E-state index contributed by atoms with van der Waals surface area (Å²) >= 11 is 0. The van der Waals surface area contributed by atoms with Crippen LogP contribution in [0.1, 0.15) is 13.8 Å². The van der Waals surface area contributed by atoms with Crippen LogP contribution in [0, 0.1) is 5.92 Å². The molecule has 1 aromatic rings. The predicted molar refractivity (Wildman–Crippen MR) is 54.8 cm³/mol. The number of nitrogens with zero attached hydrogens (tertiary/aromatic N) is 1. The van der Waals surface area contributed by atoms with Gasteiger partial charge in [-0.1, -0.05) is 13.8 Å². The second-order valence-electron chi connectivity index (χ2n) is 3.75. The van der Waals surface area contributed by atoms with E-state index in [1.807, 2.05) is 0 Å². The average molecular weight is 197 g/mol. The molecule has 0 aromatic carbocycles. The van der Waals surface area contributed by atoms with Gasteiger partial charge in [0.15, 0.2) is 0 Å².